The molecule has 0 amide bonds. The van der Waals surface area contributed by atoms with Crippen molar-refractivity contribution in [3.63, 3.8) is 0 Å². The Labute approximate surface area is 110 Å². The lowest BCUT2D eigenvalue weighted by atomic mass is 10.3. The molecule has 0 radical (unpaired) electrons. The van der Waals surface area contributed by atoms with E-state index < -0.39 is 0 Å². The molecule has 0 atom stereocenters. The number of hydrogen-bond acceptors (Lipinski definition) is 3. The maximum Gasteiger partial charge on any atom is 0.254 e. The number of aryl methyl sites for hydroxylation is 1. The zero-order chi connectivity index (χ0) is 12.8. The number of hydrogen-bond donors (Lipinski definition) is 0. The van der Waals surface area contributed by atoms with Crippen molar-refractivity contribution in [2.24, 2.45) is 0 Å². The van der Waals surface area contributed by atoms with Gasteiger partial charge in [0.1, 0.15) is 10.9 Å². The third-order valence-electron chi connectivity index (χ3n) is 2.40. The topological polar surface area (TPSA) is 44.1 Å². The van der Waals surface area contributed by atoms with Gasteiger partial charge in [0.25, 0.3) is 5.56 Å². The highest BCUT2D eigenvalue weighted by molar-refractivity contribution is 6.29. The summed E-state index contributed by atoms with van der Waals surface area (Å²) >= 11 is 5.61. The van der Waals surface area contributed by atoms with Gasteiger partial charge < -0.3 is 4.74 Å². The molecular formula is C13H13ClN2O2. The van der Waals surface area contributed by atoms with Gasteiger partial charge in [0, 0.05) is 12.6 Å². The molecule has 1 heterocycles. The van der Waals surface area contributed by atoms with E-state index in [2.05, 4.69) is 4.98 Å². The van der Waals surface area contributed by atoms with Gasteiger partial charge in [-0.1, -0.05) is 29.8 Å². The van der Waals surface area contributed by atoms with E-state index in [1.807, 2.05) is 30.3 Å². The summed E-state index contributed by atoms with van der Waals surface area (Å²) in [6, 6.07) is 10.9. The van der Waals surface area contributed by atoms with Crippen molar-refractivity contribution in [2.75, 3.05) is 6.61 Å². The second kappa shape index (κ2) is 6.21. The number of para-hydroxylation sites is 1. The monoisotopic (exact) mass is 264 g/mol. The number of ether oxygens (including phenoxy) is 1. The van der Waals surface area contributed by atoms with Crippen LogP contribution in [0.1, 0.15) is 6.42 Å². The molecule has 5 heteroatoms. The van der Waals surface area contributed by atoms with Gasteiger partial charge >= 0.3 is 0 Å². The van der Waals surface area contributed by atoms with Crippen molar-refractivity contribution in [2.45, 2.75) is 13.0 Å². The molecule has 0 aliphatic heterocycles. The van der Waals surface area contributed by atoms with E-state index in [0.717, 1.165) is 12.2 Å². The Bertz CT molecular complexity index is 554. The van der Waals surface area contributed by atoms with Gasteiger partial charge in [0.15, 0.2) is 0 Å². The van der Waals surface area contributed by atoms with Crippen LogP contribution >= 0.6 is 11.6 Å². The fourth-order valence-electron chi connectivity index (χ4n) is 1.51. The molecule has 1 aromatic carbocycles. The fourth-order valence-corrected chi connectivity index (χ4v) is 1.65. The first-order valence-electron chi connectivity index (χ1n) is 5.65. The van der Waals surface area contributed by atoms with Crippen LogP contribution in [0, 0.1) is 0 Å². The molecule has 2 aromatic rings. The maximum absolute atomic E-state index is 11.5. The van der Waals surface area contributed by atoms with E-state index >= 15 is 0 Å². The lowest BCUT2D eigenvalue weighted by Gasteiger charge is -2.07. The molecular weight excluding hydrogens is 252 g/mol. The summed E-state index contributed by atoms with van der Waals surface area (Å²) in [5.74, 6) is 0.832. The highest BCUT2D eigenvalue weighted by atomic mass is 35.5. The predicted octanol–water partition coefficient (Wildman–Crippen LogP) is 2.37. The molecule has 4 nitrogen and oxygen atoms in total. The van der Waals surface area contributed by atoms with Gasteiger partial charge in [-0.15, -0.1) is 0 Å². The van der Waals surface area contributed by atoms with E-state index in [0.29, 0.717) is 13.2 Å². The Kier molecular flexibility index (Phi) is 4.36. The van der Waals surface area contributed by atoms with E-state index in [-0.39, 0.29) is 10.7 Å². The summed E-state index contributed by atoms with van der Waals surface area (Å²) < 4.78 is 7.04. The Morgan fingerprint density at radius 3 is 2.78 bits per heavy atom. The van der Waals surface area contributed by atoms with Gasteiger partial charge in [-0.25, -0.2) is 4.98 Å². The van der Waals surface area contributed by atoms with Crippen molar-refractivity contribution in [1.82, 2.24) is 9.55 Å². The molecule has 0 aliphatic rings. The van der Waals surface area contributed by atoms with Gasteiger partial charge in [-0.3, -0.25) is 9.36 Å². The average Bonchev–Trinajstić information content (AvgIpc) is 2.38. The van der Waals surface area contributed by atoms with Gasteiger partial charge in [0.05, 0.1) is 12.9 Å². The minimum absolute atomic E-state index is 0.144. The Morgan fingerprint density at radius 1 is 1.28 bits per heavy atom. The van der Waals surface area contributed by atoms with Crippen LogP contribution in [-0.4, -0.2) is 16.2 Å². The minimum atomic E-state index is -0.144. The third-order valence-corrected chi connectivity index (χ3v) is 2.61. The van der Waals surface area contributed by atoms with Crippen LogP contribution in [0.3, 0.4) is 0 Å². The Hall–Kier alpha value is -1.81. The molecule has 0 spiro atoms. The summed E-state index contributed by atoms with van der Waals surface area (Å²) in [6.45, 7) is 1.12. The average molecular weight is 265 g/mol. The molecule has 0 aliphatic carbocycles. The SMILES string of the molecule is O=c1cc(Cl)ncn1CCCOc1ccccc1. The molecule has 0 unspecified atom stereocenters. The van der Waals surface area contributed by atoms with Crippen LogP contribution in [-0.2, 0) is 6.54 Å². The van der Waals surface area contributed by atoms with E-state index in [9.17, 15) is 4.79 Å². The van der Waals surface area contributed by atoms with Crippen LogP contribution in [0.25, 0.3) is 0 Å². The normalized spacial score (nSPS) is 10.3. The van der Waals surface area contributed by atoms with Crippen LogP contribution in [0.5, 0.6) is 5.75 Å². The summed E-state index contributed by atoms with van der Waals surface area (Å²) in [5.41, 5.74) is -0.144. The Balaban J connectivity index is 1.80. The van der Waals surface area contributed by atoms with Gasteiger partial charge in [-0.05, 0) is 18.6 Å². The summed E-state index contributed by atoms with van der Waals surface area (Å²) in [7, 11) is 0. The fraction of sp³-hybridized carbons (Fsp3) is 0.231. The quantitative estimate of drug-likeness (QED) is 0.615. The van der Waals surface area contributed by atoms with Crippen LogP contribution in [0.15, 0.2) is 47.5 Å². The number of halogens is 1. The zero-order valence-electron chi connectivity index (χ0n) is 9.75. The van der Waals surface area contributed by atoms with Crippen molar-refractivity contribution < 1.29 is 4.74 Å². The number of rotatable bonds is 5. The molecule has 0 saturated carbocycles. The molecule has 2 rings (SSSR count). The van der Waals surface area contributed by atoms with Crippen LogP contribution in [0.2, 0.25) is 5.15 Å². The first-order chi connectivity index (χ1) is 8.75. The number of aromatic nitrogens is 2. The molecule has 0 N–H and O–H groups in total. The molecule has 0 bridgehead atoms. The Morgan fingerprint density at radius 2 is 2.06 bits per heavy atom. The molecule has 18 heavy (non-hydrogen) atoms. The zero-order valence-corrected chi connectivity index (χ0v) is 10.5. The minimum Gasteiger partial charge on any atom is -0.494 e. The molecule has 1 aromatic heterocycles. The second-order valence-corrected chi connectivity index (χ2v) is 4.15. The molecule has 94 valence electrons. The van der Waals surface area contributed by atoms with E-state index in [1.54, 1.807) is 0 Å². The lowest BCUT2D eigenvalue weighted by Crippen LogP contribution is -2.20. The first kappa shape index (κ1) is 12.6. The first-order valence-corrected chi connectivity index (χ1v) is 6.03. The number of nitrogens with zero attached hydrogens (tertiary/aromatic N) is 2. The summed E-state index contributed by atoms with van der Waals surface area (Å²) in [4.78, 5) is 15.4. The van der Waals surface area contributed by atoms with Crippen molar-refractivity contribution >= 4 is 11.6 Å². The van der Waals surface area contributed by atoms with Crippen LogP contribution in [0.4, 0.5) is 0 Å². The standard InChI is InChI=1S/C13H13ClN2O2/c14-12-9-13(17)16(10-15-12)7-4-8-18-11-5-2-1-3-6-11/h1-3,5-6,9-10H,4,7-8H2. The number of benzene rings is 1. The maximum atomic E-state index is 11.5. The van der Waals surface area contributed by atoms with Crippen molar-refractivity contribution in [1.29, 1.82) is 0 Å². The van der Waals surface area contributed by atoms with Gasteiger partial charge in [0.2, 0.25) is 0 Å². The molecule has 0 saturated heterocycles. The largest absolute Gasteiger partial charge is 0.494 e. The van der Waals surface area contributed by atoms with Gasteiger partial charge in [-0.2, -0.15) is 0 Å². The highest BCUT2D eigenvalue weighted by Crippen LogP contribution is 2.08. The lowest BCUT2D eigenvalue weighted by molar-refractivity contribution is 0.300. The third kappa shape index (κ3) is 3.60. The highest BCUT2D eigenvalue weighted by Gasteiger charge is 1.98. The molecule has 0 fully saturated rings. The van der Waals surface area contributed by atoms with E-state index in [4.69, 9.17) is 16.3 Å². The summed E-state index contributed by atoms with van der Waals surface area (Å²) in [6.07, 6.45) is 2.19. The van der Waals surface area contributed by atoms with Crippen LogP contribution < -0.4 is 10.3 Å². The second-order valence-electron chi connectivity index (χ2n) is 3.76. The summed E-state index contributed by atoms with van der Waals surface area (Å²) in [5, 5.41) is 0.219. The van der Waals surface area contributed by atoms with Crippen molar-refractivity contribution in [3.8, 4) is 5.75 Å². The van der Waals surface area contributed by atoms with E-state index in [1.165, 1.54) is 17.0 Å². The van der Waals surface area contributed by atoms with Crippen molar-refractivity contribution in [3.05, 3.63) is 58.2 Å². The predicted molar refractivity (Wildman–Crippen MR) is 70.1 cm³/mol. The smallest absolute Gasteiger partial charge is 0.254 e.